The summed E-state index contributed by atoms with van der Waals surface area (Å²) in [6, 6.07) is 11.4. The van der Waals surface area contributed by atoms with Gasteiger partial charge in [-0.15, -0.1) is 11.3 Å². The predicted molar refractivity (Wildman–Crippen MR) is 114 cm³/mol. The number of aromatic nitrogens is 1. The Hall–Kier alpha value is -1.51. The Morgan fingerprint density at radius 1 is 1.21 bits per heavy atom. The Kier molecular flexibility index (Phi) is 5.71. The fourth-order valence-corrected chi connectivity index (χ4v) is 6.16. The molecule has 0 spiro atoms. The van der Waals surface area contributed by atoms with E-state index in [1.54, 1.807) is 17.5 Å². The normalized spacial score (nSPS) is 16.6. The van der Waals surface area contributed by atoms with Crippen molar-refractivity contribution >= 4 is 43.9 Å². The molecule has 1 aliphatic heterocycles. The Labute approximate surface area is 174 Å². The van der Waals surface area contributed by atoms with E-state index in [-0.39, 0.29) is 6.04 Å². The number of piperidine rings is 1. The maximum atomic E-state index is 12.4. The molecule has 0 amide bonds. The topological polar surface area (TPSA) is 62.3 Å². The molecule has 0 radical (unpaired) electrons. The standard InChI is InChI=1S/C20H22ClN3O2S2/c1-14-16-5-2-3-6-17(16)22-18(20(14)21)13-24-10-8-15(9-11-24)23-28(25,26)19-7-4-12-27-19/h2-7,12,15,23H,8-11,13H2,1H3. The van der Waals surface area contributed by atoms with Crippen LogP contribution in [0.15, 0.2) is 46.0 Å². The van der Waals surface area contributed by atoms with E-state index >= 15 is 0 Å². The average molecular weight is 436 g/mol. The Bertz CT molecular complexity index is 1080. The molecule has 2 aromatic heterocycles. The lowest BCUT2D eigenvalue weighted by atomic mass is 10.1. The summed E-state index contributed by atoms with van der Waals surface area (Å²) in [6.07, 6.45) is 1.55. The van der Waals surface area contributed by atoms with Gasteiger partial charge >= 0.3 is 0 Å². The second kappa shape index (κ2) is 8.08. The molecule has 5 nitrogen and oxygen atoms in total. The molecule has 0 aliphatic carbocycles. The van der Waals surface area contributed by atoms with Crippen LogP contribution in [0.2, 0.25) is 5.02 Å². The van der Waals surface area contributed by atoms with Crippen molar-refractivity contribution in [1.29, 1.82) is 0 Å². The fraction of sp³-hybridized carbons (Fsp3) is 0.350. The zero-order valence-electron chi connectivity index (χ0n) is 15.6. The van der Waals surface area contributed by atoms with Crippen molar-refractivity contribution in [3.63, 3.8) is 0 Å². The number of nitrogens with zero attached hydrogens (tertiary/aromatic N) is 2. The second-order valence-electron chi connectivity index (χ2n) is 7.12. The van der Waals surface area contributed by atoms with Crippen LogP contribution in [0, 0.1) is 6.92 Å². The van der Waals surface area contributed by atoms with Crippen LogP contribution in [0.25, 0.3) is 10.9 Å². The molecule has 0 saturated carbocycles. The first-order valence-electron chi connectivity index (χ1n) is 9.26. The number of benzene rings is 1. The summed E-state index contributed by atoms with van der Waals surface area (Å²) in [4.78, 5) is 7.05. The molecule has 8 heteroatoms. The summed E-state index contributed by atoms with van der Waals surface area (Å²) in [5.74, 6) is 0. The maximum absolute atomic E-state index is 12.4. The monoisotopic (exact) mass is 435 g/mol. The molecular weight excluding hydrogens is 414 g/mol. The van der Waals surface area contributed by atoms with Crippen LogP contribution in [0.4, 0.5) is 0 Å². The Balaban J connectivity index is 1.41. The predicted octanol–water partition coefficient (Wildman–Crippen LogP) is 4.20. The van der Waals surface area contributed by atoms with Crippen molar-refractivity contribution in [2.45, 2.75) is 36.6 Å². The number of hydrogen-bond acceptors (Lipinski definition) is 5. The molecule has 1 aliphatic rings. The molecule has 1 N–H and O–H groups in total. The molecule has 28 heavy (non-hydrogen) atoms. The molecule has 1 aromatic carbocycles. The lowest BCUT2D eigenvalue weighted by Crippen LogP contribution is -2.44. The number of thiophene rings is 1. The van der Waals surface area contributed by atoms with E-state index in [9.17, 15) is 8.42 Å². The fourth-order valence-electron chi connectivity index (χ4n) is 3.64. The van der Waals surface area contributed by atoms with E-state index in [2.05, 4.69) is 9.62 Å². The third-order valence-corrected chi connectivity index (χ3v) is 8.61. The first-order valence-corrected chi connectivity index (χ1v) is 12.0. The Morgan fingerprint density at radius 3 is 2.68 bits per heavy atom. The minimum absolute atomic E-state index is 0.0369. The summed E-state index contributed by atoms with van der Waals surface area (Å²) in [6.45, 7) is 4.32. The summed E-state index contributed by atoms with van der Waals surface area (Å²) in [5, 5.41) is 3.58. The quantitative estimate of drug-likeness (QED) is 0.652. The van der Waals surface area contributed by atoms with Gasteiger partial charge in [0.1, 0.15) is 4.21 Å². The van der Waals surface area contributed by atoms with Crippen LogP contribution in [0.5, 0.6) is 0 Å². The van der Waals surface area contributed by atoms with Crippen molar-refractivity contribution in [2.24, 2.45) is 0 Å². The van der Waals surface area contributed by atoms with Crippen LogP contribution >= 0.6 is 22.9 Å². The zero-order chi connectivity index (χ0) is 19.7. The number of likely N-dealkylation sites (tertiary alicyclic amines) is 1. The minimum atomic E-state index is -3.41. The number of aryl methyl sites for hydroxylation is 1. The molecule has 3 heterocycles. The molecule has 3 aromatic rings. The first kappa shape index (κ1) is 19.8. The van der Waals surface area contributed by atoms with Gasteiger partial charge in [0.2, 0.25) is 10.0 Å². The minimum Gasteiger partial charge on any atom is -0.297 e. The van der Waals surface area contributed by atoms with Gasteiger partial charge in [-0.2, -0.15) is 0 Å². The molecule has 148 valence electrons. The van der Waals surface area contributed by atoms with Crippen LogP contribution in [-0.4, -0.2) is 37.4 Å². The number of pyridine rings is 1. The highest BCUT2D eigenvalue weighted by Gasteiger charge is 2.26. The molecule has 0 unspecified atom stereocenters. The number of halogens is 1. The van der Waals surface area contributed by atoms with Crippen LogP contribution in [-0.2, 0) is 16.6 Å². The van der Waals surface area contributed by atoms with Gasteiger partial charge in [0.05, 0.1) is 16.2 Å². The van der Waals surface area contributed by atoms with Crippen molar-refractivity contribution in [1.82, 2.24) is 14.6 Å². The number of fused-ring (bicyclic) bond motifs is 1. The molecular formula is C20H22ClN3O2S2. The summed E-state index contributed by atoms with van der Waals surface area (Å²) in [5.41, 5.74) is 2.90. The van der Waals surface area contributed by atoms with Crippen LogP contribution in [0.1, 0.15) is 24.1 Å². The van der Waals surface area contributed by atoms with Crippen molar-refractivity contribution in [2.75, 3.05) is 13.1 Å². The van der Waals surface area contributed by atoms with Crippen molar-refractivity contribution < 1.29 is 8.42 Å². The maximum Gasteiger partial charge on any atom is 0.250 e. The molecule has 0 bridgehead atoms. The van der Waals surface area contributed by atoms with Crippen molar-refractivity contribution in [3.05, 3.63) is 58.1 Å². The highest BCUT2D eigenvalue weighted by atomic mass is 35.5. The average Bonchev–Trinajstić information content (AvgIpc) is 3.23. The van der Waals surface area contributed by atoms with Crippen LogP contribution < -0.4 is 4.72 Å². The third-order valence-electron chi connectivity index (χ3n) is 5.19. The summed E-state index contributed by atoms with van der Waals surface area (Å²) >= 11 is 7.83. The molecule has 0 atom stereocenters. The number of para-hydroxylation sites is 1. The second-order valence-corrected chi connectivity index (χ2v) is 10.4. The van der Waals surface area contributed by atoms with Gasteiger partial charge in [0.15, 0.2) is 0 Å². The van der Waals surface area contributed by atoms with Gasteiger partial charge in [-0.25, -0.2) is 18.1 Å². The van der Waals surface area contributed by atoms with Gasteiger partial charge in [-0.3, -0.25) is 4.90 Å². The van der Waals surface area contributed by atoms with E-state index < -0.39 is 10.0 Å². The highest BCUT2D eigenvalue weighted by molar-refractivity contribution is 7.91. The number of rotatable bonds is 5. The third kappa shape index (κ3) is 4.09. The molecule has 1 fully saturated rings. The SMILES string of the molecule is Cc1c(Cl)c(CN2CCC(NS(=O)(=O)c3cccs3)CC2)nc2ccccc12. The van der Waals surface area contributed by atoms with Gasteiger partial charge < -0.3 is 0 Å². The van der Waals surface area contributed by atoms with E-state index in [0.717, 1.165) is 53.1 Å². The molecule has 1 saturated heterocycles. The Morgan fingerprint density at radius 2 is 1.96 bits per heavy atom. The number of hydrogen-bond donors (Lipinski definition) is 1. The smallest absolute Gasteiger partial charge is 0.250 e. The van der Waals surface area contributed by atoms with E-state index in [0.29, 0.717) is 10.8 Å². The highest BCUT2D eigenvalue weighted by Crippen LogP contribution is 2.28. The van der Waals surface area contributed by atoms with Gasteiger partial charge in [0.25, 0.3) is 0 Å². The summed E-state index contributed by atoms with van der Waals surface area (Å²) < 4.78 is 28.0. The lowest BCUT2D eigenvalue weighted by Gasteiger charge is -2.32. The van der Waals surface area contributed by atoms with Crippen molar-refractivity contribution in [3.8, 4) is 0 Å². The van der Waals surface area contributed by atoms with Gasteiger partial charge in [0, 0.05) is 31.1 Å². The van der Waals surface area contributed by atoms with Gasteiger partial charge in [-0.05, 0) is 42.8 Å². The zero-order valence-corrected chi connectivity index (χ0v) is 17.9. The van der Waals surface area contributed by atoms with E-state index in [4.69, 9.17) is 16.6 Å². The lowest BCUT2D eigenvalue weighted by molar-refractivity contribution is 0.198. The number of nitrogens with one attached hydrogen (secondary N) is 1. The first-order chi connectivity index (χ1) is 13.4. The van der Waals surface area contributed by atoms with E-state index in [1.807, 2.05) is 31.2 Å². The van der Waals surface area contributed by atoms with E-state index in [1.165, 1.54) is 11.3 Å². The molecule has 4 rings (SSSR count). The van der Waals surface area contributed by atoms with Crippen LogP contribution in [0.3, 0.4) is 0 Å². The largest absolute Gasteiger partial charge is 0.297 e. The van der Waals surface area contributed by atoms with Gasteiger partial charge in [-0.1, -0.05) is 35.9 Å². The number of sulfonamides is 1. The summed E-state index contributed by atoms with van der Waals surface area (Å²) in [7, 11) is -3.41.